The second kappa shape index (κ2) is 6.42. The molecule has 1 amide bonds. The Morgan fingerprint density at radius 3 is 2.86 bits per heavy atom. The van der Waals surface area contributed by atoms with Gasteiger partial charge in [0.15, 0.2) is 0 Å². The summed E-state index contributed by atoms with van der Waals surface area (Å²) in [5.74, 6) is 0.192. The Labute approximate surface area is 127 Å². The second-order valence-corrected chi connectivity index (χ2v) is 4.98. The van der Waals surface area contributed by atoms with E-state index in [4.69, 9.17) is 21.4 Å². The largest absolute Gasteiger partial charge is 0.360 e. The summed E-state index contributed by atoms with van der Waals surface area (Å²) in [7, 11) is 1.64. The third kappa shape index (κ3) is 3.06. The van der Waals surface area contributed by atoms with Crippen molar-refractivity contribution < 1.29 is 9.32 Å². The van der Waals surface area contributed by atoms with Crippen LogP contribution in [0.3, 0.4) is 0 Å². The molecule has 0 bridgehead atoms. The molecule has 0 saturated carbocycles. The number of carbonyl (C=O) groups is 1. The van der Waals surface area contributed by atoms with Gasteiger partial charge in [-0.25, -0.2) is 0 Å². The number of amides is 1. The van der Waals surface area contributed by atoms with Crippen molar-refractivity contribution in [2.45, 2.75) is 13.3 Å². The molecular formula is C15H14ClN3O2. The number of halogens is 1. The normalized spacial score (nSPS) is 10.2. The number of benzene rings is 1. The zero-order chi connectivity index (χ0) is 15.4. The van der Waals surface area contributed by atoms with Gasteiger partial charge in [0.25, 0.3) is 5.91 Å². The van der Waals surface area contributed by atoms with Gasteiger partial charge in [0.2, 0.25) is 0 Å². The molecule has 0 saturated heterocycles. The van der Waals surface area contributed by atoms with Crippen LogP contribution in [0, 0.1) is 18.3 Å². The van der Waals surface area contributed by atoms with E-state index in [1.165, 1.54) is 4.90 Å². The summed E-state index contributed by atoms with van der Waals surface area (Å²) in [6, 6.07) is 9.15. The molecule has 5 nitrogen and oxygen atoms in total. The molecule has 21 heavy (non-hydrogen) atoms. The molecule has 0 aliphatic heterocycles. The highest BCUT2D eigenvalue weighted by Crippen LogP contribution is 2.31. The molecule has 0 N–H and O–H groups in total. The van der Waals surface area contributed by atoms with Crippen LogP contribution in [0.4, 0.5) is 0 Å². The van der Waals surface area contributed by atoms with Gasteiger partial charge in [-0.2, -0.15) is 5.26 Å². The molecule has 2 aromatic rings. The van der Waals surface area contributed by atoms with Crippen molar-refractivity contribution in [3.05, 3.63) is 40.6 Å². The summed E-state index contributed by atoms with van der Waals surface area (Å²) in [6.45, 7) is 2.03. The highest BCUT2D eigenvalue weighted by atomic mass is 35.5. The lowest BCUT2D eigenvalue weighted by molar-refractivity contribution is 0.0797. The standard InChI is InChI=1S/C15H14ClN3O2/c1-10-13(15(20)19(2)9-5-8-17)14(18-21-10)11-6-3-4-7-12(11)16/h3-4,6-7H,5,9H2,1-2H3. The van der Waals surface area contributed by atoms with Crippen LogP contribution in [0.1, 0.15) is 22.5 Å². The minimum absolute atomic E-state index is 0.237. The molecular weight excluding hydrogens is 290 g/mol. The first kappa shape index (κ1) is 15.1. The van der Waals surface area contributed by atoms with Crippen LogP contribution < -0.4 is 0 Å². The summed E-state index contributed by atoms with van der Waals surface area (Å²) in [4.78, 5) is 14.0. The fraction of sp³-hybridized carbons (Fsp3) is 0.267. The molecule has 0 atom stereocenters. The first-order valence-electron chi connectivity index (χ1n) is 6.39. The monoisotopic (exact) mass is 303 g/mol. The minimum atomic E-state index is -0.237. The molecule has 1 aromatic heterocycles. The lowest BCUT2D eigenvalue weighted by Crippen LogP contribution is -2.28. The highest BCUT2D eigenvalue weighted by molar-refractivity contribution is 6.33. The van der Waals surface area contributed by atoms with E-state index in [0.29, 0.717) is 34.1 Å². The van der Waals surface area contributed by atoms with E-state index < -0.39 is 0 Å². The van der Waals surface area contributed by atoms with Crippen LogP contribution in [0.15, 0.2) is 28.8 Å². The number of nitriles is 1. The lowest BCUT2D eigenvalue weighted by Gasteiger charge is -2.15. The summed E-state index contributed by atoms with van der Waals surface area (Å²) in [6.07, 6.45) is 0.272. The van der Waals surface area contributed by atoms with E-state index in [0.717, 1.165) is 0 Å². The Kier molecular flexibility index (Phi) is 4.61. The van der Waals surface area contributed by atoms with Gasteiger partial charge < -0.3 is 9.42 Å². The smallest absolute Gasteiger partial charge is 0.259 e. The number of aryl methyl sites for hydroxylation is 1. The molecule has 6 heteroatoms. The molecule has 2 rings (SSSR count). The third-order valence-electron chi connectivity index (χ3n) is 3.11. The second-order valence-electron chi connectivity index (χ2n) is 4.58. The number of hydrogen-bond donors (Lipinski definition) is 0. The Morgan fingerprint density at radius 1 is 1.48 bits per heavy atom. The fourth-order valence-corrected chi connectivity index (χ4v) is 2.20. The zero-order valence-corrected chi connectivity index (χ0v) is 12.5. The van der Waals surface area contributed by atoms with E-state index >= 15 is 0 Å². The number of aromatic nitrogens is 1. The summed E-state index contributed by atoms with van der Waals surface area (Å²) < 4.78 is 5.16. The van der Waals surface area contributed by atoms with Crippen molar-refractivity contribution in [3.63, 3.8) is 0 Å². The van der Waals surface area contributed by atoms with E-state index in [9.17, 15) is 4.79 Å². The van der Waals surface area contributed by atoms with Gasteiger partial charge in [-0.15, -0.1) is 0 Å². The maximum absolute atomic E-state index is 12.5. The lowest BCUT2D eigenvalue weighted by atomic mass is 10.1. The van der Waals surface area contributed by atoms with E-state index in [1.807, 2.05) is 12.1 Å². The zero-order valence-electron chi connectivity index (χ0n) is 11.8. The van der Waals surface area contributed by atoms with Gasteiger partial charge in [0.1, 0.15) is 17.0 Å². The fourth-order valence-electron chi connectivity index (χ4n) is 1.97. The topological polar surface area (TPSA) is 70.1 Å². The predicted molar refractivity (Wildman–Crippen MR) is 78.9 cm³/mol. The Balaban J connectivity index is 2.42. The van der Waals surface area contributed by atoms with Crippen molar-refractivity contribution in [1.29, 1.82) is 5.26 Å². The van der Waals surface area contributed by atoms with E-state index in [1.54, 1.807) is 32.2 Å². The third-order valence-corrected chi connectivity index (χ3v) is 3.44. The molecule has 0 radical (unpaired) electrons. The van der Waals surface area contributed by atoms with Crippen molar-refractivity contribution in [3.8, 4) is 17.3 Å². The predicted octanol–water partition coefficient (Wildman–Crippen LogP) is 3.29. The molecule has 0 aliphatic carbocycles. The number of hydrogen-bond acceptors (Lipinski definition) is 4. The van der Waals surface area contributed by atoms with Crippen molar-refractivity contribution in [2.24, 2.45) is 0 Å². The average Bonchev–Trinajstić information content (AvgIpc) is 2.86. The van der Waals surface area contributed by atoms with E-state index in [-0.39, 0.29) is 12.3 Å². The van der Waals surface area contributed by atoms with Crippen LogP contribution in [0.25, 0.3) is 11.3 Å². The van der Waals surface area contributed by atoms with Gasteiger partial charge in [0, 0.05) is 19.2 Å². The minimum Gasteiger partial charge on any atom is -0.360 e. The first-order valence-corrected chi connectivity index (χ1v) is 6.77. The van der Waals surface area contributed by atoms with Gasteiger partial charge in [0.05, 0.1) is 17.5 Å². The molecule has 0 spiro atoms. The molecule has 0 fully saturated rings. The van der Waals surface area contributed by atoms with Crippen molar-refractivity contribution >= 4 is 17.5 Å². The van der Waals surface area contributed by atoms with Crippen LogP contribution >= 0.6 is 11.6 Å². The summed E-state index contributed by atoms with van der Waals surface area (Å²) in [5, 5.41) is 13.1. The van der Waals surface area contributed by atoms with Crippen molar-refractivity contribution in [2.75, 3.05) is 13.6 Å². The molecule has 1 aromatic carbocycles. The SMILES string of the molecule is Cc1onc(-c2ccccc2Cl)c1C(=O)N(C)CCC#N. The maximum atomic E-state index is 12.5. The molecule has 1 heterocycles. The van der Waals surface area contributed by atoms with Gasteiger partial charge in [-0.3, -0.25) is 4.79 Å². The van der Waals surface area contributed by atoms with Crippen LogP contribution in [-0.2, 0) is 0 Å². The highest BCUT2D eigenvalue weighted by Gasteiger charge is 2.25. The van der Waals surface area contributed by atoms with Gasteiger partial charge in [-0.05, 0) is 13.0 Å². The summed E-state index contributed by atoms with van der Waals surface area (Å²) in [5.41, 5.74) is 1.45. The average molecular weight is 304 g/mol. The summed E-state index contributed by atoms with van der Waals surface area (Å²) >= 11 is 6.16. The number of rotatable bonds is 4. The van der Waals surface area contributed by atoms with Gasteiger partial charge >= 0.3 is 0 Å². The quantitative estimate of drug-likeness (QED) is 0.869. The number of carbonyl (C=O) groups excluding carboxylic acids is 1. The van der Waals surface area contributed by atoms with Crippen molar-refractivity contribution in [1.82, 2.24) is 10.1 Å². The van der Waals surface area contributed by atoms with Crippen LogP contribution in [0.2, 0.25) is 5.02 Å². The Bertz CT molecular complexity index is 703. The maximum Gasteiger partial charge on any atom is 0.259 e. The molecule has 0 aliphatic rings. The molecule has 0 unspecified atom stereocenters. The first-order chi connectivity index (χ1) is 10.1. The Morgan fingerprint density at radius 2 is 2.19 bits per heavy atom. The Hall–Kier alpha value is -2.32. The number of nitrogens with zero attached hydrogens (tertiary/aromatic N) is 3. The van der Waals surface area contributed by atoms with Crippen LogP contribution in [-0.4, -0.2) is 29.6 Å². The van der Waals surface area contributed by atoms with Gasteiger partial charge in [-0.1, -0.05) is 35.0 Å². The van der Waals surface area contributed by atoms with Crippen LogP contribution in [0.5, 0.6) is 0 Å². The molecule has 108 valence electrons. The van der Waals surface area contributed by atoms with E-state index in [2.05, 4.69) is 5.16 Å².